The van der Waals surface area contributed by atoms with E-state index in [-0.39, 0.29) is 11.7 Å². The highest BCUT2D eigenvalue weighted by Crippen LogP contribution is 2.45. The van der Waals surface area contributed by atoms with E-state index in [1.165, 1.54) is 12.1 Å². The summed E-state index contributed by atoms with van der Waals surface area (Å²) in [6.45, 7) is 0. The molecule has 0 spiro atoms. The van der Waals surface area contributed by atoms with Gasteiger partial charge in [-0.05, 0) is 64.7 Å². The van der Waals surface area contributed by atoms with Gasteiger partial charge in [-0.3, -0.25) is 4.79 Å². The minimum Gasteiger partial charge on any atom is -0.324 e. The fourth-order valence-electron chi connectivity index (χ4n) is 2.78. The molecule has 1 fully saturated rings. The summed E-state index contributed by atoms with van der Waals surface area (Å²) in [5.41, 5.74) is 1.03. The van der Waals surface area contributed by atoms with Crippen LogP contribution in [0.25, 0.3) is 0 Å². The normalized spacial score (nSPS) is 16.0. The highest BCUT2D eigenvalue weighted by Gasteiger charge is 2.45. The van der Waals surface area contributed by atoms with E-state index in [0.717, 1.165) is 24.8 Å². The lowest BCUT2D eigenvalue weighted by atomic mass is 9.64. The highest BCUT2D eigenvalue weighted by atomic mass is 79.9. The van der Waals surface area contributed by atoms with E-state index in [1.807, 2.05) is 12.1 Å². The monoisotopic (exact) mass is 381 g/mol. The van der Waals surface area contributed by atoms with Gasteiger partial charge < -0.3 is 5.32 Å². The second kappa shape index (κ2) is 6.01. The molecule has 0 radical (unpaired) electrons. The van der Waals surface area contributed by atoms with Crippen LogP contribution in [0.1, 0.15) is 24.8 Å². The van der Waals surface area contributed by atoms with E-state index in [4.69, 9.17) is 11.6 Å². The number of nitrogens with one attached hydrogen (secondary N) is 1. The van der Waals surface area contributed by atoms with Gasteiger partial charge in [0.05, 0.1) is 11.1 Å². The van der Waals surface area contributed by atoms with Crippen LogP contribution in [0.5, 0.6) is 0 Å². The Morgan fingerprint density at radius 1 is 1.18 bits per heavy atom. The summed E-state index contributed by atoms with van der Waals surface area (Å²) in [6, 6.07) is 11.6. The van der Waals surface area contributed by atoms with Gasteiger partial charge in [0.15, 0.2) is 0 Å². The lowest BCUT2D eigenvalue weighted by Crippen LogP contribution is -2.46. The molecule has 1 aliphatic carbocycles. The summed E-state index contributed by atoms with van der Waals surface area (Å²) < 4.78 is 13.7. The predicted molar refractivity (Wildman–Crippen MR) is 89.7 cm³/mol. The molecule has 22 heavy (non-hydrogen) atoms. The first kappa shape index (κ1) is 15.5. The van der Waals surface area contributed by atoms with E-state index in [9.17, 15) is 9.18 Å². The molecular formula is C17H14BrClFNO. The molecular weight excluding hydrogens is 369 g/mol. The van der Waals surface area contributed by atoms with Gasteiger partial charge >= 0.3 is 0 Å². The molecule has 5 heteroatoms. The van der Waals surface area contributed by atoms with Gasteiger partial charge in [-0.2, -0.15) is 0 Å². The maximum Gasteiger partial charge on any atom is 0.235 e. The summed E-state index contributed by atoms with van der Waals surface area (Å²) in [7, 11) is 0. The number of carbonyl (C=O) groups is 1. The number of halogens is 3. The van der Waals surface area contributed by atoms with Gasteiger partial charge in [-0.25, -0.2) is 4.39 Å². The Morgan fingerprint density at radius 2 is 1.86 bits per heavy atom. The van der Waals surface area contributed by atoms with Crippen LogP contribution in [0.15, 0.2) is 46.9 Å². The molecule has 0 aromatic heterocycles. The predicted octanol–water partition coefficient (Wildman–Crippen LogP) is 5.30. The van der Waals surface area contributed by atoms with Gasteiger partial charge in [-0.1, -0.05) is 30.2 Å². The minimum atomic E-state index is -0.515. The molecule has 1 saturated carbocycles. The van der Waals surface area contributed by atoms with E-state index in [0.29, 0.717) is 15.2 Å². The number of benzene rings is 2. The molecule has 1 N–H and O–H groups in total. The van der Waals surface area contributed by atoms with E-state index in [2.05, 4.69) is 21.2 Å². The SMILES string of the molecule is O=C(Nc1ccc(F)cc1Br)C1(c2ccc(Cl)cc2)CCC1. The summed E-state index contributed by atoms with van der Waals surface area (Å²) in [6.07, 6.45) is 2.62. The Labute approximate surface area is 141 Å². The van der Waals surface area contributed by atoms with Crippen LogP contribution < -0.4 is 5.32 Å². The first-order valence-corrected chi connectivity index (χ1v) is 8.21. The Morgan fingerprint density at radius 3 is 2.41 bits per heavy atom. The van der Waals surface area contributed by atoms with Crippen molar-refractivity contribution in [3.63, 3.8) is 0 Å². The van der Waals surface area contributed by atoms with Crippen LogP contribution >= 0.6 is 27.5 Å². The summed E-state index contributed by atoms with van der Waals surface area (Å²) in [4.78, 5) is 12.8. The maximum atomic E-state index is 13.1. The fraction of sp³-hybridized carbons (Fsp3) is 0.235. The van der Waals surface area contributed by atoms with Crippen molar-refractivity contribution in [1.82, 2.24) is 0 Å². The third kappa shape index (κ3) is 2.77. The number of carbonyl (C=O) groups excluding carboxylic acids is 1. The van der Waals surface area contributed by atoms with Crippen LogP contribution in [-0.4, -0.2) is 5.91 Å². The average molecular weight is 383 g/mol. The molecule has 3 rings (SSSR count). The van der Waals surface area contributed by atoms with E-state index >= 15 is 0 Å². The van der Waals surface area contributed by atoms with Gasteiger partial charge in [0.25, 0.3) is 0 Å². The van der Waals surface area contributed by atoms with E-state index < -0.39 is 5.41 Å². The highest BCUT2D eigenvalue weighted by molar-refractivity contribution is 9.10. The maximum absolute atomic E-state index is 13.1. The smallest absolute Gasteiger partial charge is 0.235 e. The largest absolute Gasteiger partial charge is 0.324 e. The van der Waals surface area contributed by atoms with Crippen LogP contribution in [0, 0.1) is 5.82 Å². The Kier molecular flexibility index (Phi) is 4.24. The van der Waals surface area contributed by atoms with Crippen molar-refractivity contribution in [3.05, 3.63) is 63.3 Å². The van der Waals surface area contributed by atoms with Crippen molar-refractivity contribution in [1.29, 1.82) is 0 Å². The zero-order chi connectivity index (χ0) is 15.7. The van der Waals surface area contributed by atoms with Crippen molar-refractivity contribution >= 4 is 39.1 Å². The van der Waals surface area contributed by atoms with E-state index in [1.54, 1.807) is 18.2 Å². The van der Waals surface area contributed by atoms with Crippen molar-refractivity contribution in [3.8, 4) is 0 Å². The molecule has 2 aromatic carbocycles. The van der Waals surface area contributed by atoms with Crippen molar-refractivity contribution in [2.24, 2.45) is 0 Å². The van der Waals surface area contributed by atoms with Crippen LogP contribution in [0.2, 0.25) is 5.02 Å². The van der Waals surface area contributed by atoms with Crippen LogP contribution in [-0.2, 0) is 10.2 Å². The number of amides is 1. The molecule has 1 aliphatic rings. The second-order valence-electron chi connectivity index (χ2n) is 5.52. The van der Waals surface area contributed by atoms with Crippen molar-refractivity contribution in [2.75, 3.05) is 5.32 Å². The molecule has 0 saturated heterocycles. The molecule has 2 nitrogen and oxygen atoms in total. The van der Waals surface area contributed by atoms with Crippen molar-refractivity contribution in [2.45, 2.75) is 24.7 Å². The number of hydrogen-bond donors (Lipinski definition) is 1. The summed E-state index contributed by atoms with van der Waals surface area (Å²) in [5.74, 6) is -0.408. The van der Waals surface area contributed by atoms with Gasteiger partial charge in [-0.15, -0.1) is 0 Å². The molecule has 0 aliphatic heterocycles. The molecule has 1 amide bonds. The molecule has 2 aromatic rings. The number of hydrogen-bond acceptors (Lipinski definition) is 1. The Bertz CT molecular complexity index is 713. The summed E-state index contributed by atoms with van der Waals surface area (Å²) in [5, 5.41) is 3.56. The molecule has 0 heterocycles. The quantitative estimate of drug-likeness (QED) is 0.766. The van der Waals surface area contributed by atoms with Gasteiger partial charge in [0.2, 0.25) is 5.91 Å². The zero-order valence-corrected chi connectivity index (χ0v) is 14.0. The van der Waals surface area contributed by atoms with Gasteiger partial charge in [0.1, 0.15) is 5.82 Å². The second-order valence-corrected chi connectivity index (χ2v) is 6.81. The van der Waals surface area contributed by atoms with Gasteiger partial charge in [0, 0.05) is 9.50 Å². The topological polar surface area (TPSA) is 29.1 Å². The summed E-state index contributed by atoms with van der Waals surface area (Å²) >= 11 is 9.20. The molecule has 114 valence electrons. The number of anilines is 1. The third-order valence-corrected chi connectivity index (χ3v) is 5.13. The average Bonchev–Trinajstić information content (AvgIpc) is 2.43. The number of rotatable bonds is 3. The first-order valence-electron chi connectivity index (χ1n) is 7.04. The standard InChI is InChI=1S/C17H14BrClFNO/c18-14-10-13(20)6-7-15(14)21-16(22)17(8-1-9-17)11-2-4-12(19)5-3-11/h2-7,10H,1,8-9H2,(H,21,22). The molecule has 0 unspecified atom stereocenters. The fourth-order valence-corrected chi connectivity index (χ4v) is 3.35. The lowest BCUT2D eigenvalue weighted by molar-refractivity contribution is -0.124. The lowest BCUT2D eigenvalue weighted by Gasteiger charge is -2.40. The third-order valence-electron chi connectivity index (χ3n) is 4.22. The zero-order valence-electron chi connectivity index (χ0n) is 11.7. The first-order chi connectivity index (χ1) is 10.5. The Balaban J connectivity index is 1.87. The minimum absolute atomic E-state index is 0.0617. The van der Waals surface area contributed by atoms with Crippen LogP contribution in [0.4, 0.5) is 10.1 Å². The van der Waals surface area contributed by atoms with Crippen molar-refractivity contribution < 1.29 is 9.18 Å². The Hall–Kier alpha value is -1.39. The molecule has 0 bridgehead atoms. The molecule has 0 atom stereocenters. The van der Waals surface area contributed by atoms with Crippen LogP contribution in [0.3, 0.4) is 0 Å².